The maximum atomic E-state index is 9.11. The van der Waals surface area contributed by atoms with Crippen molar-refractivity contribution in [3.63, 3.8) is 0 Å². The highest BCUT2D eigenvalue weighted by atomic mass is 16.7. The van der Waals surface area contributed by atoms with E-state index in [1.165, 1.54) is 5.56 Å². The fraction of sp³-hybridized carbons (Fsp3) is 0.421. The molecule has 152 valence electrons. The van der Waals surface area contributed by atoms with E-state index in [4.69, 9.17) is 14.6 Å². The summed E-state index contributed by atoms with van der Waals surface area (Å²) in [4.78, 5) is 21.2. The zero-order valence-corrected chi connectivity index (χ0v) is 16.0. The van der Waals surface area contributed by atoms with Crippen LogP contribution in [-0.4, -0.2) is 76.1 Å². The SMILES string of the molecule is OCCNc1nc(N2CCN(Cc3ccc4c(c3)OCO4)CC2)nc2nc[nH]c12. The summed E-state index contributed by atoms with van der Waals surface area (Å²) < 4.78 is 10.9. The molecule has 0 bridgehead atoms. The van der Waals surface area contributed by atoms with Gasteiger partial charge in [0.25, 0.3) is 0 Å². The van der Waals surface area contributed by atoms with E-state index in [0.717, 1.165) is 49.7 Å². The summed E-state index contributed by atoms with van der Waals surface area (Å²) in [6, 6.07) is 6.12. The van der Waals surface area contributed by atoms with Gasteiger partial charge in [0.1, 0.15) is 5.52 Å². The van der Waals surface area contributed by atoms with E-state index in [1.807, 2.05) is 6.07 Å². The van der Waals surface area contributed by atoms with Crippen molar-refractivity contribution < 1.29 is 14.6 Å². The van der Waals surface area contributed by atoms with Crippen LogP contribution in [-0.2, 0) is 6.54 Å². The number of aromatic amines is 1. The van der Waals surface area contributed by atoms with E-state index in [0.29, 0.717) is 30.8 Å². The van der Waals surface area contributed by atoms with Crippen LogP contribution in [0.1, 0.15) is 5.56 Å². The predicted octanol–water partition coefficient (Wildman–Crippen LogP) is 0.808. The van der Waals surface area contributed by atoms with Crippen LogP contribution in [0.15, 0.2) is 24.5 Å². The number of fused-ring (bicyclic) bond motifs is 2. The molecule has 0 radical (unpaired) electrons. The molecule has 10 nitrogen and oxygen atoms in total. The molecular formula is C19H23N7O3. The second kappa shape index (κ2) is 7.72. The number of hydrogen-bond acceptors (Lipinski definition) is 9. The Labute approximate surface area is 167 Å². The molecule has 0 unspecified atom stereocenters. The number of aromatic nitrogens is 4. The van der Waals surface area contributed by atoms with Gasteiger partial charge in [-0.3, -0.25) is 4.90 Å². The van der Waals surface area contributed by atoms with Gasteiger partial charge in [-0.1, -0.05) is 6.07 Å². The molecule has 2 aromatic heterocycles. The summed E-state index contributed by atoms with van der Waals surface area (Å²) in [6.07, 6.45) is 1.61. The van der Waals surface area contributed by atoms with E-state index in [1.54, 1.807) is 6.33 Å². The Morgan fingerprint density at radius 2 is 1.97 bits per heavy atom. The Morgan fingerprint density at radius 3 is 2.83 bits per heavy atom. The van der Waals surface area contributed by atoms with Crippen LogP contribution < -0.4 is 19.7 Å². The first-order valence-corrected chi connectivity index (χ1v) is 9.72. The Kier molecular flexibility index (Phi) is 4.78. The van der Waals surface area contributed by atoms with E-state index in [-0.39, 0.29) is 6.61 Å². The highest BCUT2D eigenvalue weighted by Crippen LogP contribution is 2.33. The number of benzene rings is 1. The van der Waals surface area contributed by atoms with E-state index >= 15 is 0 Å². The van der Waals surface area contributed by atoms with Crippen LogP contribution in [0, 0.1) is 0 Å². The topological polar surface area (TPSA) is 112 Å². The van der Waals surface area contributed by atoms with E-state index in [9.17, 15) is 0 Å². The average molecular weight is 397 g/mol. The van der Waals surface area contributed by atoms with Gasteiger partial charge in [-0.15, -0.1) is 0 Å². The summed E-state index contributed by atoms with van der Waals surface area (Å²) in [5.41, 5.74) is 2.59. The van der Waals surface area contributed by atoms with Gasteiger partial charge in [-0.25, -0.2) is 4.98 Å². The molecule has 0 amide bonds. The first kappa shape index (κ1) is 18.0. The molecule has 1 fully saturated rings. The van der Waals surface area contributed by atoms with E-state index < -0.39 is 0 Å². The molecule has 1 aromatic carbocycles. The fourth-order valence-corrected chi connectivity index (χ4v) is 3.67. The van der Waals surface area contributed by atoms with Crippen molar-refractivity contribution in [1.82, 2.24) is 24.8 Å². The summed E-state index contributed by atoms with van der Waals surface area (Å²) >= 11 is 0. The van der Waals surface area contributed by atoms with Crippen LogP contribution in [0.2, 0.25) is 0 Å². The minimum atomic E-state index is 0.0352. The smallest absolute Gasteiger partial charge is 0.231 e. The van der Waals surface area contributed by atoms with Gasteiger partial charge in [0.15, 0.2) is 23.0 Å². The predicted molar refractivity (Wildman–Crippen MR) is 107 cm³/mol. The molecule has 4 heterocycles. The molecule has 5 rings (SSSR count). The molecule has 2 aliphatic heterocycles. The third kappa shape index (κ3) is 3.64. The normalized spacial score (nSPS) is 16.5. The van der Waals surface area contributed by atoms with Crippen molar-refractivity contribution in [2.45, 2.75) is 6.54 Å². The van der Waals surface area contributed by atoms with Crippen molar-refractivity contribution in [2.24, 2.45) is 0 Å². The molecule has 0 saturated carbocycles. The Bertz CT molecular complexity index is 1000. The molecule has 3 aromatic rings. The number of nitrogens with zero attached hydrogens (tertiary/aromatic N) is 5. The summed E-state index contributed by atoms with van der Waals surface area (Å²) in [7, 11) is 0. The van der Waals surface area contributed by atoms with Gasteiger partial charge in [-0.05, 0) is 17.7 Å². The number of rotatable bonds is 6. The number of piperazine rings is 1. The molecule has 0 spiro atoms. The maximum absolute atomic E-state index is 9.11. The summed E-state index contributed by atoms with van der Waals surface area (Å²) in [5.74, 6) is 2.96. The van der Waals surface area contributed by atoms with Gasteiger partial charge >= 0.3 is 0 Å². The zero-order valence-electron chi connectivity index (χ0n) is 16.0. The number of imidazole rings is 1. The first-order chi connectivity index (χ1) is 14.3. The molecule has 3 N–H and O–H groups in total. The van der Waals surface area contributed by atoms with Gasteiger partial charge in [0.2, 0.25) is 12.7 Å². The zero-order chi connectivity index (χ0) is 19.6. The minimum absolute atomic E-state index is 0.0352. The number of ether oxygens (including phenoxy) is 2. The lowest BCUT2D eigenvalue weighted by atomic mass is 10.1. The number of nitrogens with one attached hydrogen (secondary N) is 2. The van der Waals surface area contributed by atoms with Crippen LogP contribution in [0.25, 0.3) is 11.2 Å². The number of hydrogen-bond donors (Lipinski definition) is 3. The van der Waals surface area contributed by atoms with Crippen LogP contribution in [0.4, 0.5) is 11.8 Å². The maximum Gasteiger partial charge on any atom is 0.231 e. The highest BCUT2D eigenvalue weighted by molar-refractivity contribution is 5.83. The average Bonchev–Trinajstić information content (AvgIpc) is 3.41. The van der Waals surface area contributed by atoms with Crippen molar-refractivity contribution in [1.29, 1.82) is 0 Å². The molecule has 0 atom stereocenters. The second-order valence-corrected chi connectivity index (χ2v) is 7.07. The second-order valence-electron chi connectivity index (χ2n) is 7.07. The standard InChI is InChI=1S/C19H23N7O3/c27-8-3-20-17-16-18(22-11-21-16)24-19(23-17)26-6-4-25(5-7-26)10-13-1-2-14-15(9-13)29-12-28-14/h1-2,9,11,27H,3-8,10,12H2,(H2,20,21,22,23,24). The van der Waals surface area contributed by atoms with Crippen molar-refractivity contribution in [3.05, 3.63) is 30.1 Å². The first-order valence-electron chi connectivity index (χ1n) is 9.72. The van der Waals surface area contributed by atoms with Crippen LogP contribution in [0.5, 0.6) is 11.5 Å². The monoisotopic (exact) mass is 397 g/mol. The van der Waals surface area contributed by atoms with Crippen LogP contribution >= 0.6 is 0 Å². The minimum Gasteiger partial charge on any atom is -0.454 e. The Morgan fingerprint density at radius 1 is 1.10 bits per heavy atom. The number of H-pyrrole nitrogens is 1. The third-order valence-corrected chi connectivity index (χ3v) is 5.18. The van der Waals surface area contributed by atoms with Crippen molar-refractivity contribution >= 4 is 22.9 Å². The lowest BCUT2D eigenvalue weighted by Crippen LogP contribution is -2.46. The molecular weight excluding hydrogens is 374 g/mol. The largest absolute Gasteiger partial charge is 0.454 e. The quantitative estimate of drug-likeness (QED) is 0.556. The Balaban J connectivity index is 1.25. The van der Waals surface area contributed by atoms with Crippen molar-refractivity contribution in [2.75, 3.05) is 56.3 Å². The molecule has 10 heteroatoms. The van der Waals surface area contributed by atoms with E-state index in [2.05, 4.69) is 47.2 Å². The summed E-state index contributed by atoms with van der Waals surface area (Å²) in [6.45, 7) is 5.12. The fourth-order valence-electron chi connectivity index (χ4n) is 3.67. The summed E-state index contributed by atoms with van der Waals surface area (Å²) in [5, 5.41) is 12.2. The molecule has 0 aliphatic carbocycles. The molecule has 29 heavy (non-hydrogen) atoms. The lowest BCUT2D eigenvalue weighted by molar-refractivity contribution is 0.174. The van der Waals surface area contributed by atoms with Gasteiger partial charge in [-0.2, -0.15) is 9.97 Å². The van der Waals surface area contributed by atoms with Crippen molar-refractivity contribution in [3.8, 4) is 11.5 Å². The number of anilines is 2. The number of aliphatic hydroxyl groups excluding tert-OH is 1. The third-order valence-electron chi connectivity index (χ3n) is 5.18. The Hall–Kier alpha value is -3.11. The number of aliphatic hydroxyl groups is 1. The van der Waals surface area contributed by atoms with Crippen LogP contribution in [0.3, 0.4) is 0 Å². The molecule has 1 saturated heterocycles. The van der Waals surface area contributed by atoms with Gasteiger partial charge in [0.05, 0.1) is 12.9 Å². The molecule has 2 aliphatic rings. The van der Waals surface area contributed by atoms with Gasteiger partial charge in [0, 0.05) is 39.3 Å². The highest BCUT2D eigenvalue weighted by Gasteiger charge is 2.22. The lowest BCUT2D eigenvalue weighted by Gasteiger charge is -2.34. The van der Waals surface area contributed by atoms with Gasteiger partial charge < -0.3 is 29.8 Å².